The van der Waals surface area contributed by atoms with Crippen molar-refractivity contribution in [1.29, 1.82) is 0 Å². The second kappa shape index (κ2) is 9.05. The number of carbonyl (C=O) groups excluding carboxylic acids is 1. The van der Waals surface area contributed by atoms with Gasteiger partial charge >= 0.3 is 0 Å². The maximum atomic E-state index is 12.4. The molecule has 0 radical (unpaired) electrons. The van der Waals surface area contributed by atoms with Gasteiger partial charge in [-0.05, 0) is 42.3 Å². The molecule has 0 aliphatic heterocycles. The van der Waals surface area contributed by atoms with E-state index in [-0.39, 0.29) is 5.91 Å². The molecule has 0 bridgehead atoms. The van der Waals surface area contributed by atoms with Crippen molar-refractivity contribution < 1.29 is 9.53 Å². The van der Waals surface area contributed by atoms with E-state index in [9.17, 15) is 4.79 Å². The predicted molar refractivity (Wildman–Crippen MR) is 108 cm³/mol. The van der Waals surface area contributed by atoms with Gasteiger partial charge in [-0.2, -0.15) is 0 Å². The minimum Gasteiger partial charge on any atom is -0.496 e. The van der Waals surface area contributed by atoms with E-state index < -0.39 is 0 Å². The highest BCUT2D eigenvalue weighted by molar-refractivity contribution is 6.30. The van der Waals surface area contributed by atoms with Crippen molar-refractivity contribution in [3.05, 3.63) is 83.1 Å². The van der Waals surface area contributed by atoms with Crippen molar-refractivity contribution in [1.82, 2.24) is 10.3 Å². The number of hydrogen-bond donors (Lipinski definition) is 2. The third-order valence-corrected chi connectivity index (χ3v) is 4.22. The molecule has 1 heterocycles. The minimum absolute atomic E-state index is 0.174. The fraction of sp³-hybridized carbons (Fsp3) is 0.143. The number of carbonyl (C=O) groups is 1. The summed E-state index contributed by atoms with van der Waals surface area (Å²) in [7, 11) is 1.64. The van der Waals surface area contributed by atoms with E-state index in [0.29, 0.717) is 23.6 Å². The summed E-state index contributed by atoms with van der Waals surface area (Å²) in [5.41, 5.74) is 3.09. The quantitative estimate of drug-likeness (QED) is 0.634. The van der Waals surface area contributed by atoms with Gasteiger partial charge in [-0.1, -0.05) is 35.9 Å². The van der Waals surface area contributed by atoms with Gasteiger partial charge in [0.25, 0.3) is 5.91 Å². The molecule has 0 atom stereocenters. The fourth-order valence-electron chi connectivity index (χ4n) is 2.69. The van der Waals surface area contributed by atoms with Crippen LogP contribution in [0.5, 0.6) is 5.75 Å². The van der Waals surface area contributed by atoms with E-state index in [1.165, 1.54) is 0 Å². The zero-order valence-corrected chi connectivity index (χ0v) is 15.7. The molecule has 2 N–H and O–H groups in total. The molecule has 0 saturated carbocycles. The van der Waals surface area contributed by atoms with Crippen molar-refractivity contribution in [3.8, 4) is 5.75 Å². The summed E-state index contributed by atoms with van der Waals surface area (Å²) in [6, 6.07) is 16.9. The largest absolute Gasteiger partial charge is 0.496 e. The second-order valence-corrected chi connectivity index (χ2v) is 6.35. The van der Waals surface area contributed by atoms with Crippen LogP contribution in [0, 0.1) is 0 Å². The van der Waals surface area contributed by atoms with Crippen LogP contribution in [0.15, 0.2) is 67.0 Å². The van der Waals surface area contributed by atoms with Gasteiger partial charge in [-0.25, -0.2) is 0 Å². The highest BCUT2D eigenvalue weighted by Gasteiger charge is 2.08. The number of nitrogens with zero attached hydrogens (tertiary/aromatic N) is 1. The maximum absolute atomic E-state index is 12.4. The number of para-hydroxylation sites is 1. The molecule has 3 aromatic rings. The number of amides is 1. The van der Waals surface area contributed by atoms with E-state index >= 15 is 0 Å². The summed E-state index contributed by atoms with van der Waals surface area (Å²) in [6.45, 7) is 0.505. The summed E-state index contributed by atoms with van der Waals surface area (Å²) in [4.78, 5) is 16.6. The van der Waals surface area contributed by atoms with Crippen molar-refractivity contribution in [2.24, 2.45) is 0 Å². The van der Waals surface area contributed by atoms with Crippen LogP contribution >= 0.6 is 11.6 Å². The number of hydrogen-bond acceptors (Lipinski definition) is 4. The molecule has 1 amide bonds. The van der Waals surface area contributed by atoms with Crippen LogP contribution < -0.4 is 15.4 Å². The van der Waals surface area contributed by atoms with E-state index in [0.717, 1.165) is 22.7 Å². The first-order valence-electron chi connectivity index (χ1n) is 8.53. The van der Waals surface area contributed by atoms with Crippen LogP contribution in [-0.4, -0.2) is 24.5 Å². The van der Waals surface area contributed by atoms with Gasteiger partial charge in [-0.15, -0.1) is 0 Å². The number of benzene rings is 2. The number of pyridine rings is 1. The molecule has 2 aromatic carbocycles. The van der Waals surface area contributed by atoms with Crippen molar-refractivity contribution in [2.75, 3.05) is 19.0 Å². The molecular formula is C21H20ClN3O2. The van der Waals surface area contributed by atoms with Gasteiger partial charge < -0.3 is 15.4 Å². The summed E-state index contributed by atoms with van der Waals surface area (Å²) in [6.07, 6.45) is 3.89. The van der Waals surface area contributed by atoms with Gasteiger partial charge in [0.2, 0.25) is 0 Å². The maximum Gasteiger partial charge on any atom is 0.252 e. The monoisotopic (exact) mass is 381 g/mol. The highest BCUT2D eigenvalue weighted by atomic mass is 35.5. The molecule has 0 aliphatic carbocycles. The van der Waals surface area contributed by atoms with Gasteiger partial charge in [-0.3, -0.25) is 9.78 Å². The van der Waals surface area contributed by atoms with E-state index in [1.807, 2.05) is 42.5 Å². The number of aromatic nitrogens is 1. The van der Waals surface area contributed by atoms with Gasteiger partial charge in [0, 0.05) is 23.5 Å². The predicted octanol–water partition coefficient (Wildman–Crippen LogP) is 4.46. The number of anilines is 2. The molecule has 0 saturated heterocycles. The Hall–Kier alpha value is -3.05. The molecule has 27 heavy (non-hydrogen) atoms. The zero-order valence-electron chi connectivity index (χ0n) is 14.9. The van der Waals surface area contributed by atoms with Crippen LogP contribution in [0.1, 0.15) is 15.9 Å². The van der Waals surface area contributed by atoms with E-state index in [1.54, 1.807) is 31.6 Å². The van der Waals surface area contributed by atoms with Gasteiger partial charge in [0.05, 0.1) is 24.6 Å². The van der Waals surface area contributed by atoms with Crippen LogP contribution in [0.25, 0.3) is 0 Å². The number of methoxy groups -OCH3 is 1. The molecule has 6 heteroatoms. The summed E-state index contributed by atoms with van der Waals surface area (Å²) in [5, 5.41) is 6.75. The van der Waals surface area contributed by atoms with Crippen molar-refractivity contribution in [2.45, 2.75) is 6.42 Å². The average Bonchev–Trinajstić information content (AvgIpc) is 2.68. The molecule has 0 fully saturated rings. The van der Waals surface area contributed by atoms with Gasteiger partial charge in [0.1, 0.15) is 5.75 Å². The van der Waals surface area contributed by atoms with Gasteiger partial charge in [0.15, 0.2) is 0 Å². The number of ether oxygens (including phenoxy) is 1. The molecule has 0 spiro atoms. The molecule has 5 nitrogen and oxygen atoms in total. The van der Waals surface area contributed by atoms with E-state index in [2.05, 4.69) is 15.6 Å². The first kappa shape index (κ1) is 18.7. The molecule has 1 aromatic heterocycles. The lowest BCUT2D eigenvalue weighted by atomic mass is 10.1. The Morgan fingerprint density at radius 1 is 1.07 bits per heavy atom. The SMILES string of the molecule is COc1ccccc1CCNC(=O)c1cncc(Nc2cccc(Cl)c2)c1. The fourth-order valence-corrected chi connectivity index (χ4v) is 2.88. The van der Waals surface area contributed by atoms with Crippen LogP contribution in [0.3, 0.4) is 0 Å². The first-order chi connectivity index (χ1) is 13.2. The lowest BCUT2D eigenvalue weighted by molar-refractivity contribution is 0.0953. The minimum atomic E-state index is -0.174. The number of halogens is 1. The molecular weight excluding hydrogens is 362 g/mol. The molecule has 0 unspecified atom stereocenters. The Morgan fingerprint density at radius 3 is 2.74 bits per heavy atom. The third kappa shape index (κ3) is 5.21. The Labute approximate surface area is 163 Å². The number of rotatable bonds is 7. The smallest absolute Gasteiger partial charge is 0.252 e. The molecule has 0 aliphatic rings. The van der Waals surface area contributed by atoms with Crippen molar-refractivity contribution >= 4 is 28.9 Å². The Kier molecular flexibility index (Phi) is 6.28. The lowest BCUT2D eigenvalue weighted by Gasteiger charge is -2.10. The van der Waals surface area contributed by atoms with E-state index in [4.69, 9.17) is 16.3 Å². The Balaban J connectivity index is 1.60. The topological polar surface area (TPSA) is 63.2 Å². The number of nitrogens with one attached hydrogen (secondary N) is 2. The summed E-state index contributed by atoms with van der Waals surface area (Å²) in [5.74, 6) is 0.647. The average molecular weight is 382 g/mol. The zero-order chi connectivity index (χ0) is 19.1. The molecule has 138 valence electrons. The summed E-state index contributed by atoms with van der Waals surface area (Å²) < 4.78 is 5.33. The van der Waals surface area contributed by atoms with Crippen LogP contribution in [0.4, 0.5) is 11.4 Å². The normalized spacial score (nSPS) is 10.3. The standard InChI is InChI=1S/C21H20ClN3O2/c1-27-20-8-3-2-5-15(20)9-10-24-21(26)16-11-19(14-23-13-16)25-18-7-4-6-17(22)12-18/h2-8,11-14,25H,9-10H2,1H3,(H,24,26). The van der Waals surface area contributed by atoms with Crippen molar-refractivity contribution in [3.63, 3.8) is 0 Å². The highest BCUT2D eigenvalue weighted by Crippen LogP contribution is 2.20. The van der Waals surface area contributed by atoms with Crippen LogP contribution in [-0.2, 0) is 6.42 Å². The third-order valence-electron chi connectivity index (χ3n) is 3.99. The Bertz CT molecular complexity index is 931. The molecule has 3 rings (SSSR count). The second-order valence-electron chi connectivity index (χ2n) is 5.92. The first-order valence-corrected chi connectivity index (χ1v) is 8.91. The summed E-state index contributed by atoms with van der Waals surface area (Å²) >= 11 is 5.99. The lowest BCUT2D eigenvalue weighted by Crippen LogP contribution is -2.26. The van der Waals surface area contributed by atoms with Crippen LogP contribution in [0.2, 0.25) is 5.02 Å². The Morgan fingerprint density at radius 2 is 1.93 bits per heavy atom.